The van der Waals surface area contributed by atoms with Crippen LogP contribution in [0.3, 0.4) is 0 Å². The largest absolute Gasteiger partial charge is 0.345 e. The van der Waals surface area contributed by atoms with Crippen molar-refractivity contribution in [3.8, 4) is 0 Å². The predicted octanol–water partition coefficient (Wildman–Crippen LogP) is 2.64. The number of rotatable bonds is 5. The quantitative estimate of drug-likeness (QED) is 0.722. The van der Waals surface area contributed by atoms with Gasteiger partial charge in [-0.1, -0.05) is 44.2 Å². The van der Waals surface area contributed by atoms with E-state index in [1.165, 1.54) is 24.0 Å². The molecule has 31 heavy (non-hydrogen) atoms. The van der Waals surface area contributed by atoms with Gasteiger partial charge in [0.15, 0.2) is 0 Å². The molecule has 1 amide bonds. The normalized spacial score (nSPS) is 27.8. The third-order valence-electron chi connectivity index (χ3n) is 7.55. The maximum atomic E-state index is 13.5. The number of hydrogen-bond donors (Lipinski definition) is 2. The van der Waals surface area contributed by atoms with Gasteiger partial charge in [0.2, 0.25) is 0 Å². The van der Waals surface area contributed by atoms with Crippen LogP contribution < -0.4 is 21.3 Å². The molecule has 1 unspecified atom stereocenters. The minimum atomic E-state index is -0.117. The SMILES string of the molecule is C=C/C=c1/ncc(C2CCNCC2)n/c1=C(/C=C)C(=O)N[C@H]1C2=C(C)C1(C)CCCC2. The molecule has 1 aromatic rings. The number of piperidine rings is 1. The maximum Gasteiger partial charge on any atom is 0.254 e. The van der Waals surface area contributed by atoms with Crippen molar-refractivity contribution < 1.29 is 4.79 Å². The first kappa shape index (κ1) is 21.7. The van der Waals surface area contributed by atoms with Gasteiger partial charge in [0.25, 0.3) is 5.91 Å². The molecule has 0 radical (unpaired) electrons. The van der Waals surface area contributed by atoms with E-state index in [1.54, 1.807) is 12.2 Å². The first-order chi connectivity index (χ1) is 15.0. The zero-order valence-electron chi connectivity index (χ0n) is 18.8. The average Bonchev–Trinajstić information content (AvgIpc) is 3.05. The fourth-order valence-electron chi connectivity index (χ4n) is 5.49. The van der Waals surface area contributed by atoms with Gasteiger partial charge in [0.05, 0.1) is 22.7 Å². The number of nitrogens with one attached hydrogen (secondary N) is 2. The van der Waals surface area contributed by atoms with Crippen molar-refractivity contribution in [3.05, 3.63) is 59.0 Å². The van der Waals surface area contributed by atoms with E-state index in [0.717, 1.165) is 44.5 Å². The van der Waals surface area contributed by atoms with Gasteiger partial charge in [0, 0.05) is 17.5 Å². The van der Waals surface area contributed by atoms with Crippen molar-refractivity contribution in [2.45, 2.75) is 64.3 Å². The summed E-state index contributed by atoms with van der Waals surface area (Å²) in [6.07, 6.45) is 13.6. The lowest BCUT2D eigenvalue weighted by Crippen LogP contribution is -2.55. The Labute approximate surface area is 185 Å². The van der Waals surface area contributed by atoms with E-state index in [1.807, 2.05) is 12.3 Å². The molecule has 164 valence electrons. The minimum absolute atomic E-state index is 0.0620. The molecule has 1 aliphatic heterocycles. The smallest absolute Gasteiger partial charge is 0.254 e. The lowest BCUT2D eigenvalue weighted by molar-refractivity contribution is -0.117. The molecule has 2 aliphatic carbocycles. The number of carbonyl (C=O) groups is 1. The fourth-order valence-corrected chi connectivity index (χ4v) is 5.49. The number of nitrogens with zero attached hydrogens (tertiary/aromatic N) is 2. The summed E-state index contributed by atoms with van der Waals surface area (Å²) in [6, 6.07) is 0.102. The van der Waals surface area contributed by atoms with Crippen molar-refractivity contribution >= 4 is 17.6 Å². The Bertz CT molecular complexity index is 1050. The molecular weight excluding hydrogens is 384 g/mol. The van der Waals surface area contributed by atoms with Gasteiger partial charge in [-0.15, -0.1) is 0 Å². The predicted molar refractivity (Wildman–Crippen MR) is 126 cm³/mol. The zero-order valence-corrected chi connectivity index (χ0v) is 18.8. The number of hydrogen-bond acceptors (Lipinski definition) is 4. The van der Waals surface area contributed by atoms with E-state index in [-0.39, 0.29) is 17.4 Å². The second kappa shape index (κ2) is 8.91. The van der Waals surface area contributed by atoms with Crippen molar-refractivity contribution in [2.24, 2.45) is 5.41 Å². The lowest BCUT2D eigenvalue weighted by Gasteiger charge is -2.49. The van der Waals surface area contributed by atoms with E-state index in [4.69, 9.17) is 4.98 Å². The zero-order chi connectivity index (χ0) is 22.0. The molecule has 4 rings (SSSR count). The highest BCUT2D eigenvalue weighted by Gasteiger charge is 2.49. The van der Waals surface area contributed by atoms with Gasteiger partial charge < -0.3 is 10.6 Å². The van der Waals surface area contributed by atoms with Crippen LogP contribution in [0.1, 0.15) is 64.0 Å². The molecule has 5 heteroatoms. The summed E-state index contributed by atoms with van der Waals surface area (Å²) in [7, 11) is 0. The highest BCUT2D eigenvalue weighted by atomic mass is 16.1. The summed E-state index contributed by atoms with van der Waals surface area (Å²) >= 11 is 0. The maximum absolute atomic E-state index is 13.5. The fraction of sp³-hybridized carbons (Fsp3) is 0.500. The summed E-state index contributed by atoms with van der Waals surface area (Å²) in [5.74, 6) is 0.245. The van der Waals surface area contributed by atoms with E-state index >= 15 is 0 Å². The van der Waals surface area contributed by atoms with Crippen LogP contribution in [0.25, 0.3) is 11.6 Å². The van der Waals surface area contributed by atoms with E-state index in [2.05, 4.69) is 42.6 Å². The molecule has 2 heterocycles. The van der Waals surface area contributed by atoms with Crippen molar-refractivity contribution in [2.75, 3.05) is 13.1 Å². The molecule has 2 N–H and O–H groups in total. The summed E-state index contributed by atoms with van der Waals surface area (Å²) in [4.78, 5) is 23.0. The van der Waals surface area contributed by atoms with Gasteiger partial charge >= 0.3 is 0 Å². The summed E-state index contributed by atoms with van der Waals surface area (Å²) in [5.41, 5.74) is 4.37. The van der Waals surface area contributed by atoms with Crippen LogP contribution in [0.2, 0.25) is 0 Å². The van der Waals surface area contributed by atoms with E-state index < -0.39 is 0 Å². The molecule has 1 saturated heterocycles. The Morgan fingerprint density at radius 3 is 2.77 bits per heavy atom. The Balaban J connectivity index is 1.73. The number of allylic oxidation sites excluding steroid dienone is 1. The molecule has 0 aromatic carbocycles. The van der Waals surface area contributed by atoms with Gasteiger partial charge in [-0.25, -0.2) is 4.98 Å². The van der Waals surface area contributed by atoms with Gasteiger partial charge in [0.1, 0.15) is 5.35 Å². The molecule has 2 atom stereocenters. The van der Waals surface area contributed by atoms with Crippen LogP contribution in [-0.2, 0) is 4.79 Å². The summed E-state index contributed by atoms with van der Waals surface area (Å²) in [5, 5.41) is 7.97. The molecular formula is C26H34N4O. The van der Waals surface area contributed by atoms with Crippen LogP contribution in [0.5, 0.6) is 0 Å². The number of carbonyl (C=O) groups excluding carboxylic acids is 1. The minimum Gasteiger partial charge on any atom is -0.345 e. The first-order valence-corrected chi connectivity index (χ1v) is 11.5. The average molecular weight is 419 g/mol. The lowest BCUT2D eigenvalue weighted by atomic mass is 9.60. The van der Waals surface area contributed by atoms with Crippen LogP contribution >= 0.6 is 0 Å². The monoisotopic (exact) mass is 418 g/mol. The number of fused-ring (bicyclic) bond motifs is 1. The molecule has 0 saturated carbocycles. The topological polar surface area (TPSA) is 66.9 Å². The summed E-state index contributed by atoms with van der Waals surface area (Å²) in [6.45, 7) is 14.2. The van der Waals surface area contributed by atoms with E-state index in [0.29, 0.717) is 22.2 Å². The van der Waals surface area contributed by atoms with Crippen LogP contribution in [0.4, 0.5) is 0 Å². The summed E-state index contributed by atoms with van der Waals surface area (Å²) < 4.78 is 0. The van der Waals surface area contributed by atoms with Crippen LogP contribution in [0.15, 0.2) is 42.7 Å². The Hall–Kier alpha value is -2.53. The second-order valence-electron chi connectivity index (χ2n) is 9.25. The Morgan fingerprint density at radius 1 is 1.29 bits per heavy atom. The van der Waals surface area contributed by atoms with Crippen LogP contribution in [-0.4, -0.2) is 35.0 Å². The third-order valence-corrected chi connectivity index (χ3v) is 7.55. The standard InChI is InChI=1S/C26H34N4O/c1-5-9-21-23(29-22(16-28-21)18-11-14-27-15-12-18)19(6-2)25(31)30-24-20-10-7-8-13-26(24,4)17(20)3/h5-6,9,16,18,24,27H,1-2,7-8,10-15H2,3-4H3,(H,30,31)/b21-9+,23-19-/t24-,26?/m0/s1. The van der Waals surface area contributed by atoms with Crippen LogP contribution in [0, 0.1) is 5.41 Å². The Kier molecular flexibility index (Phi) is 6.24. The molecule has 3 aliphatic rings. The van der Waals surface area contributed by atoms with Crippen molar-refractivity contribution in [1.29, 1.82) is 0 Å². The van der Waals surface area contributed by atoms with Gasteiger partial charge in [-0.2, -0.15) is 0 Å². The van der Waals surface area contributed by atoms with E-state index in [9.17, 15) is 4.79 Å². The second-order valence-corrected chi connectivity index (χ2v) is 9.25. The highest BCUT2D eigenvalue weighted by molar-refractivity contribution is 6.17. The highest BCUT2D eigenvalue weighted by Crippen LogP contribution is 2.53. The molecule has 5 nitrogen and oxygen atoms in total. The molecule has 0 spiro atoms. The number of amides is 1. The number of aromatic nitrogens is 2. The Morgan fingerprint density at radius 2 is 2.06 bits per heavy atom. The van der Waals surface area contributed by atoms with Crippen molar-refractivity contribution in [3.63, 3.8) is 0 Å². The third kappa shape index (κ3) is 3.91. The first-order valence-electron chi connectivity index (χ1n) is 11.5. The van der Waals surface area contributed by atoms with Crippen molar-refractivity contribution in [1.82, 2.24) is 20.6 Å². The van der Waals surface area contributed by atoms with Gasteiger partial charge in [-0.05, 0) is 63.8 Å². The molecule has 1 fully saturated rings. The van der Waals surface area contributed by atoms with Gasteiger partial charge in [-0.3, -0.25) is 9.78 Å². The molecule has 2 bridgehead atoms. The molecule has 1 aromatic heterocycles.